The molecule has 1 aromatic heterocycles. The van der Waals surface area contributed by atoms with Crippen LogP contribution in [-0.4, -0.2) is 21.2 Å². The van der Waals surface area contributed by atoms with Crippen LogP contribution in [0.15, 0.2) is 52.9 Å². The van der Waals surface area contributed by atoms with Crippen molar-refractivity contribution in [3.05, 3.63) is 77.0 Å². The molecule has 0 aliphatic carbocycles. The van der Waals surface area contributed by atoms with E-state index in [4.69, 9.17) is 9.15 Å². The molecule has 0 saturated heterocycles. The minimum atomic E-state index is 0.0632. The van der Waals surface area contributed by atoms with Crippen molar-refractivity contribution in [2.24, 2.45) is 0 Å². The molecule has 0 fully saturated rings. The SMILES string of the molecule is Cc1nnc(C2Cc3ccccc3CN2Cc2ccccc2OC(C)C)o1. The molecule has 1 unspecified atom stereocenters. The molecule has 140 valence electrons. The van der Waals surface area contributed by atoms with Gasteiger partial charge in [-0.1, -0.05) is 42.5 Å². The van der Waals surface area contributed by atoms with Crippen molar-refractivity contribution in [2.75, 3.05) is 0 Å². The quantitative estimate of drug-likeness (QED) is 0.670. The van der Waals surface area contributed by atoms with Crippen molar-refractivity contribution >= 4 is 0 Å². The zero-order valence-electron chi connectivity index (χ0n) is 16.1. The van der Waals surface area contributed by atoms with E-state index in [0.29, 0.717) is 11.8 Å². The molecule has 4 rings (SSSR count). The van der Waals surface area contributed by atoms with E-state index in [-0.39, 0.29) is 12.1 Å². The second-order valence-corrected chi connectivity index (χ2v) is 7.33. The molecule has 0 amide bonds. The largest absolute Gasteiger partial charge is 0.491 e. The molecule has 1 aliphatic heterocycles. The van der Waals surface area contributed by atoms with Gasteiger partial charge in [-0.25, -0.2) is 0 Å². The van der Waals surface area contributed by atoms with Crippen molar-refractivity contribution in [1.82, 2.24) is 15.1 Å². The van der Waals surface area contributed by atoms with E-state index in [2.05, 4.69) is 65.3 Å². The van der Waals surface area contributed by atoms with Crippen molar-refractivity contribution in [3.8, 4) is 5.75 Å². The Balaban J connectivity index is 1.67. The molecule has 1 atom stereocenters. The van der Waals surface area contributed by atoms with Gasteiger partial charge in [0.2, 0.25) is 11.8 Å². The van der Waals surface area contributed by atoms with Gasteiger partial charge >= 0.3 is 0 Å². The van der Waals surface area contributed by atoms with E-state index in [1.54, 1.807) is 0 Å². The lowest BCUT2D eigenvalue weighted by Gasteiger charge is -2.35. The zero-order valence-corrected chi connectivity index (χ0v) is 16.1. The Morgan fingerprint density at radius 3 is 2.56 bits per heavy atom. The number of hydrogen-bond acceptors (Lipinski definition) is 5. The summed E-state index contributed by atoms with van der Waals surface area (Å²) in [6.45, 7) is 7.56. The third-order valence-electron chi connectivity index (χ3n) is 4.88. The van der Waals surface area contributed by atoms with Gasteiger partial charge in [0.15, 0.2) is 0 Å². The van der Waals surface area contributed by atoms with Gasteiger partial charge in [0, 0.05) is 25.6 Å². The average Bonchev–Trinajstić information content (AvgIpc) is 3.08. The van der Waals surface area contributed by atoms with Crippen molar-refractivity contribution in [3.63, 3.8) is 0 Å². The predicted octanol–water partition coefficient (Wildman–Crippen LogP) is 4.46. The van der Waals surface area contributed by atoms with Crippen LogP contribution in [0.2, 0.25) is 0 Å². The normalized spacial score (nSPS) is 17.1. The van der Waals surface area contributed by atoms with Gasteiger partial charge in [-0.05, 0) is 37.5 Å². The third-order valence-corrected chi connectivity index (χ3v) is 4.88. The summed E-state index contributed by atoms with van der Waals surface area (Å²) >= 11 is 0. The summed E-state index contributed by atoms with van der Waals surface area (Å²) < 4.78 is 11.8. The molecule has 1 aliphatic rings. The lowest BCUT2D eigenvalue weighted by atomic mass is 9.93. The van der Waals surface area contributed by atoms with Crippen LogP contribution in [-0.2, 0) is 19.5 Å². The van der Waals surface area contributed by atoms with Gasteiger partial charge in [0.25, 0.3) is 0 Å². The monoisotopic (exact) mass is 363 g/mol. The number of para-hydroxylation sites is 1. The smallest absolute Gasteiger partial charge is 0.233 e. The van der Waals surface area contributed by atoms with Crippen LogP contribution >= 0.6 is 0 Å². The second-order valence-electron chi connectivity index (χ2n) is 7.33. The van der Waals surface area contributed by atoms with Crippen molar-refractivity contribution in [1.29, 1.82) is 0 Å². The Hall–Kier alpha value is -2.66. The van der Waals surface area contributed by atoms with Crippen LogP contribution in [0.1, 0.15) is 48.4 Å². The maximum atomic E-state index is 6.02. The van der Waals surface area contributed by atoms with Gasteiger partial charge in [0.1, 0.15) is 5.75 Å². The fourth-order valence-corrected chi connectivity index (χ4v) is 3.66. The number of nitrogens with zero attached hydrogens (tertiary/aromatic N) is 3. The molecule has 3 aromatic rings. The highest BCUT2D eigenvalue weighted by atomic mass is 16.5. The number of ether oxygens (including phenoxy) is 1. The molecule has 2 heterocycles. The Bertz CT molecular complexity index is 919. The highest BCUT2D eigenvalue weighted by Crippen LogP contribution is 2.35. The Morgan fingerprint density at radius 2 is 1.81 bits per heavy atom. The number of benzene rings is 2. The molecule has 0 radical (unpaired) electrons. The van der Waals surface area contributed by atoms with Gasteiger partial charge in [-0.15, -0.1) is 10.2 Å². The van der Waals surface area contributed by atoms with Gasteiger partial charge in [0.05, 0.1) is 12.1 Å². The molecule has 0 bridgehead atoms. The van der Waals surface area contributed by atoms with Crippen LogP contribution in [0.5, 0.6) is 5.75 Å². The first kappa shape index (κ1) is 17.7. The molecule has 2 aromatic carbocycles. The van der Waals surface area contributed by atoms with Crippen molar-refractivity contribution < 1.29 is 9.15 Å². The lowest BCUT2D eigenvalue weighted by Crippen LogP contribution is -2.34. The fourth-order valence-electron chi connectivity index (χ4n) is 3.66. The average molecular weight is 363 g/mol. The number of fused-ring (bicyclic) bond motifs is 1. The molecule has 5 heteroatoms. The number of aryl methyl sites for hydroxylation is 1. The minimum absolute atomic E-state index is 0.0632. The summed E-state index contributed by atoms with van der Waals surface area (Å²) in [6, 6.07) is 16.9. The second kappa shape index (κ2) is 7.53. The van der Waals surface area contributed by atoms with Gasteiger partial charge in [-0.2, -0.15) is 0 Å². The summed E-state index contributed by atoms with van der Waals surface area (Å²) in [5.74, 6) is 2.23. The van der Waals surface area contributed by atoms with E-state index in [1.165, 1.54) is 16.7 Å². The number of hydrogen-bond donors (Lipinski definition) is 0. The standard InChI is InChI=1S/C22H25N3O2/c1-15(2)26-21-11-7-6-10-19(21)14-25-13-18-9-5-4-8-17(18)12-20(25)22-24-23-16(3)27-22/h4-11,15,20H,12-14H2,1-3H3. The Morgan fingerprint density at radius 1 is 1.07 bits per heavy atom. The van der Waals surface area contributed by atoms with E-state index >= 15 is 0 Å². The van der Waals surface area contributed by atoms with E-state index < -0.39 is 0 Å². The molecule has 5 nitrogen and oxygen atoms in total. The van der Waals surface area contributed by atoms with E-state index in [0.717, 1.165) is 25.3 Å². The summed E-state index contributed by atoms with van der Waals surface area (Å²) in [6.07, 6.45) is 1.01. The van der Waals surface area contributed by atoms with Crippen LogP contribution in [0, 0.1) is 6.92 Å². The number of rotatable bonds is 5. The Kier molecular flexibility index (Phi) is 4.94. The molecular formula is C22H25N3O2. The first-order chi connectivity index (χ1) is 13.1. The predicted molar refractivity (Wildman–Crippen MR) is 103 cm³/mol. The topological polar surface area (TPSA) is 51.4 Å². The van der Waals surface area contributed by atoms with Crippen LogP contribution < -0.4 is 4.74 Å². The van der Waals surface area contributed by atoms with Crippen LogP contribution in [0.4, 0.5) is 0 Å². The van der Waals surface area contributed by atoms with Crippen LogP contribution in [0.3, 0.4) is 0 Å². The van der Waals surface area contributed by atoms with Gasteiger partial charge < -0.3 is 9.15 Å². The van der Waals surface area contributed by atoms with Gasteiger partial charge in [-0.3, -0.25) is 4.90 Å². The highest BCUT2D eigenvalue weighted by Gasteiger charge is 2.31. The third kappa shape index (κ3) is 3.88. The molecule has 0 saturated carbocycles. The first-order valence-corrected chi connectivity index (χ1v) is 9.45. The zero-order chi connectivity index (χ0) is 18.8. The maximum absolute atomic E-state index is 6.02. The van der Waals surface area contributed by atoms with Crippen molar-refractivity contribution in [2.45, 2.75) is 52.4 Å². The van der Waals surface area contributed by atoms with E-state index in [9.17, 15) is 0 Å². The summed E-state index contributed by atoms with van der Waals surface area (Å²) in [4.78, 5) is 2.40. The molecule has 0 spiro atoms. The summed E-state index contributed by atoms with van der Waals surface area (Å²) in [7, 11) is 0. The minimum Gasteiger partial charge on any atom is -0.491 e. The number of aromatic nitrogens is 2. The Labute approximate surface area is 160 Å². The fraction of sp³-hybridized carbons (Fsp3) is 0.364. The van der Waals surface area contributed by atoms with Crippen LogP contribution in [0.25, 0.3) is 0 Å². The highest BCUT2D eigenvalue weighted by molar-refractivity contribution is 5.35. The molecule has 0 N–H and O–H groups in total. The maximum Gasteiger partial charge on any atom is 0.233 e. The van der Waals surface area contributed by atoms with E-state index in [1.807, 2.05) is 19.1 Å². The first-order valence-electron chi connectivity index (χ1n) is 9.45. The lowest BCUT2D eigenvalue weighted by molar-refractivity contribution is 0.134. The molecule has 27 heavy (non-hydrogen) atoms. The summed E-state index contributed by atoms with van der Waals surface area (Å²) in [5, 5.41) is 8.36. The summed E-state index contributed by atoms with van der Waals surface area (Å²) in [5.41, 5.74) is 3.88. The molecular weight excluding hydrogens is 338 g/mol.